The molecular formula is C9H18O2S. The van der Waals surface area contributed by atoms with E-state index >= 15 is 0 Å². The normalized spacial score (nSPS) is 31.3. The zero-order valence-corrected chi connectivity index (χ0v) is 9.16. The second-order valence-corrected chi connectivity index (χ2v) is 7.60. The molecule has 0 unspecified atom stereocenters. The molecule has 1 aliphatic rings. The molecule has 0 aromatic heterocycles. The molecule has 0 aromatic carbocycles. The number of hydrogen-bond acceptors (Lipinski definition) is 2. The fraction of sp³-hybridized carbons (Fsp3) is 1.00. The summed E-state index contributed by atoms with van der Waals surface area (Å²) in [6.07, 6.45) is 0.999. The second-order valence-electron chi connectivity index (χ2n) is 5.54. The third-order valence-corrected chi connectivity index (χ3v) is 4.62. The van der Waals surface area contributed by atoms with Crippen molar-refractivity contribution >= 4 is 9.84 Å². The molecule has 0 spiro atoms. The SMILES string of the molecule is CC1(C)CC(C)(C)CS(=O)(=O)C1. The maximum Gasteiger partial charge on any atom is 0.151 e. The predicted molar refractivity (Wildman–Crippen MR) is 50.8 cm³/mol. The zero-order chi connectivity index (χ0) is 9.62. The molecule has 1 rings (SSSR count). The Morgan fingerprint density at radius 2 is 1.25 bits per heavy atom. The quantitative estimate of drug-likeness (QED) is 0.584. The summed E-state index contributed by atoms with van der Waals surface area (Å²) in [5.41, 5.74) is -0.0822. The van der Waals surface area contributed by atoms with Gasteiger partial charge in [0.15, 0.2) is 9.84 Å². The lowest BCUT2D eigenvalue weighted by Crippen LogP contribution is -2.41. The van der Waals surface area contributed by atoms with Gasteiger partial charge in [0.1, 0.15) is 0 Å². The van der Waals surface area contributed by atoms with Gasteiger partial charge in [-0.3, -0.25) is 0 Å². The fourth-order valence-electron chi connectivity index (χ4n) is 2.64. The lowest BCUT2D eigenvalue weighted by molar-refractivity contribution is 0.221. The number of rotatable bonds is 0. The molecule has 2 nitrogen and oxygen atoms in total. The van der Waals surface area contributed by atoms with E-state index in [0.29, 0.717) is 11.5 Å². The van der Waals surface area contributed by atoms with Crippen LogP contribution in [0.3, 0.4) is 0 Å². The van der Waals surface area contributed by atoms with Crippen LogP contribution >= 0.6 is 0 Å². The molecule has 3 heteroatoms. The summed E-state index contributed by atoms with van der Waals surface area (Å²) in [5, 5.41) is 0. The van der Waals surface area contributed by atoms with Crippen molar-refractivity contribution in [3.05, 3.63) is 0 Å². The summed E-state index contributed by atoms with van der Waals surface area (Å²) in [4.78, 5) is 0. The van der Waals surface area contributed by atoms with Crippen molar-refractivity contribution in [2.75, 3.05) is 11.5 Å². The standard InChI is InChI=1S/C9H18O2S/c1-8(2)5-9(3,4)7-12(10,11)6-8/h5-7H2,1-4H3. The summed E-state index contributed by atoms with van der Waals surface area (Å²) in [5.74, 6) is 0.701. The van der Waals surface area contributed by atoms with Crippen molar-refractivity contribution in [3.63, 3.8) is 0 Å². The molecule has 1 aliphatic heterocycles. The van der Waals surface area contributed by atoms with Gasteiger partial charge in [-0.15, -0.1) is 0 Å². The van der Waals surface area contributed by atoms with E-state index in [-0.39, 0.29) is 10.8 Å². The van der Waals surface area contributed by atoms with E-state index in [2.05, 4.69) is 0 Å². The first kappa shape index (κ1) is 10.0. The summed E-state index contributed by atoms with van der Waals surface area (Å²) in [7, 11) is -2.80. The molecule has 0 aliphatic carbocycles. The third-order valence-electron chi connectivity index (χ3n) is 2.18. The molecule has 1 saturated heterocycles. The van der Waals surface area contributed by atoms with Gasteiger partial charge in [-0.05, 0) is 17.3 Å². The monoisotopic (exact) mass is 190 g/mol. The van der Waals surface area contributed by atoms with Crippen LogP contribution in [0.25, 0.3) is 0 Å². The first-order valence-corrected chi connectivity index (χ1v) is 6.15. The number of sulfone groups is 1. The Morgan fingerprint density at radius 1 is 0.917 bits per heavy atom. The maximum atomic E-state index is 11.5. The van der Waals surface area contributed by atoms with Crippen LogP contribution in [0.4, 0.5) is 0 Å². The second kappa shape index (κ2) is 2.47. The van der Waals surface area contributed by atoms with E-state index in [0.717, 1.165) is 6.42 Å². The molecule has 0 radical (unpaired) electrons. The van der Waals surface area contributed by atoms with Gasteiger partial charge in [0.2, 0.25) is 0 Å². The van der Waals surface area contributed by atoms with E-state index in [9.17, 15) is 8.42 Å². The lowest BCUT2D eigenvalue weighted by atomic mass is 9.77. The van der Waals surface area contributed by atoms with E-state index < -0.39 is 9.84 Å². The van der Waals surface area contributed by atoms with Crippen LogP contribution < -0.4 is 0 Å². The van der Waals surface area contributed by atoms with Gasteiger partial charge in [0.25, 0.3) is 0 Å². The maximum absolute atomic E-state index is 11.5. The molecule has 0 amide bonds. The molecule has 0 bridgehead atoms. The van der Waals surface area contributed by atoms with E-state index in [1.165, 1.54) is 0 Å². The van der Waals surface area contributed by atoms with Crippen molar-refractivity contribution < 1.29 is 8.42 Å². The highest BCUT2D eigenvalue weighted by Crippen LogP contribution is 2.40. The molecule has 0 aromatic rings. The molecule has 0 atom stereocenters. The third kappa shape index (κ3) is 2.47. The summed E-state index contributed by atoms with van der Waals surface area (Å²) in [6, 6.07) is 0. The smallest absolute Gasteiger partial charge is 0.151 e. The van der Waals surface area contributed by atoms with E-state index in [1.807, 2.05) is 27.7 Å². The van der Waals surface area contributed by atoms with Gasteiger partial charge in [-0.1, -0.05) is 27.7 Å². The predicted octanol–water partition coefficient (Wildman–Crippen LogP) is 1.86. The molecule has 1 heterocycles. The Labute approximate surface area is 75.3 Å². The van der Waals surface area contributed by atoms with Crippen LogP contribution in [-0.2, 0) is 9.84 Å². The van der Waals surface area contributed by atoms with Crippen molar-refractivity contribution in [2.24, 2.45) is 10.8 Å². The van der Waals surface area contributed by atoms with Crippen LogP contribution in [0.2, 0.25) is 0 Å². The molecule has 12 heavy (non-hydrogen) atoms. The zero-order valence-electron chi connectivity index (χ0n) is 8.35. The fourth-order valence-corrected chi connectivity index (χ4v) is 5.33. The van der Waals surface area contributed by atoms with Crippen LogP contribution in [0.15, 0.2) is 0 Å². The highest BCUT2D eigenvalue weighted by Gasteiger charge is 2.41. The Morgan fingerprint density at radius 3 is 1.50 bits per heavy atom. The van der Waals surface area contributed by atoms with Gasteiger partial charge < -0.3 is 0 Å². The van der Waals surface area contributed by atoms with Crippen LogP contribution in [0.1, 0.15) is 34.1 Å². The van der Waals surface area contributed by atoms with E-state index in [1.54, 1.807) is 0 Å². The topological polar surface area (TPSA) is 34.1 Å². The largest absolute Gasteiger partial charge is 0.229 e. The molecule has 0 N–H and O–H groups in total. The molecule has 1 fully saturated rings. The first-order valence-electron chi connectivity index (χ1n) is 4.32. The minimum Gasteiger partial charge on any atom is -0.229 e. The average Bonchev–Trinajstić information content (AvgIpc) is 1.44. The van der Waals surface area contributed by atoms with Gasteiger partial charge >= 0.3 is 0 Å². The minimum atomic E-state index is -2.80. The van der Waals surface area contributed by atoms with E-state index in [4.69, 9.17) is 0 Å². The molecule has 0 saturated carbocycles. The highest BCUT2D eigenvalue weighted by molar-refractivity contribution is 7.91. The average molecular weight is 190 g/mol. The Kier molecular flexibility index (Phi) is 2.07. The van der Waals surface area contributed by atoms with Crippen molar-refractivity contribution in [1.82, 2.24) is 0 Å². The molecule has 72 valence electrons. The molecular weight excluding hydrogens is 172 g/mol. The van der Waals surface area contributed by atoms with Gasteiger partial charge in [0.05, 0.1) is 11.5 Å². The first-order chi connectivity index (χ1) is 5.12. The Balaban J connectivity index is 2.96. The van der Waals surface area contributed by atoms with Gasteiger partial charge in [0, 0.05) is 0 Å². The minimum absolute atomic E-state index is 0.0411. The highest BCUT2D eigenvalue weighted by atomic mass is 32.2. The van der Waals surface area contributed by atoms with Gasteiger partial charge in [-0.2, -0.15) is 0 Å². The number of hydrogen-bond donors (Lipinski definition) is 0. The summed E-state index contributed by atoms with van der Waals surface area (Å²) >= 11 is 0. The summed E-state index contributed by atoms with van der Waals surface area (Å²) < 4.78 is 23.0. The van der Waals surface area contributed by atoms with Crippen molar-refractivity contribution in [3.8, 4) is 0 Å². The van der Waals surface area contributed by atoms with Gasteiger partial charge in [-0.25, -0.2) is 8.42 Å². The van der Waals surface area contributed by atoms with Crippen LogP contribution in [0, 0.1) is 10.8 Å². The summed E-state index contributed by atoms with van der Waals surface area (Å²) in [6.45, 7) is 8.13. The van der Waals surface area contributed by atoms with Crippen LogP contribution in [0.5, 0.6) is 0 Å². The van der Waals surface area contributed by atoms with Crippen molar-refractivity contribution in [1.29, 1.82) is 0 Å². The lowest BCUT2D eigenvalue weighted by Gasteiger charge is -2.39. The van der Waals surface area contributed by atoms with Crippen LogP contribution in [-0.4, -0.2) is 19.9 Å². The Bertz CT molecular complexity index is 251. The van der Waals surface area contributed by atoms with Crippen molar-refractivity contribution in [2.45, 2.75) is 34.1 Å². The Hall–Kier alpha value is -0.0500.